The lowest BCUT2D eigenvalue weighted by molar-refractivity contribution is 0.0941. The summed E-state index contributed by atoms with van der Waals surface area (Å²) in [6, 6.07) is 5.82. The van der Waals surface area contributed by atoms with Crippen LogP contribution in [0.15, 0.2) is 36.9 Å². The molecule has 0 spiro atoms. The second-order valence-corrected chi connectivity index (χ2v) is 6.71. The first-order valence-corrected chi connectivity index (χ1v) is 8.49. The Hall–Kier alpha value is -2.14. The van der Waals surface area contributed by atoms with E-state index >= 15 is 0 Å². The maximum absolute atomic E-state index is 12.7. The van der Waals surface area contributed by atoms with E-state index in [0.29, 0.717) is 30.4 Å². The zero-order chi connectivity index (χ0) is 17.5. The number of benzene rings is 1. The molecule has 5 nitrogen and oxygen atoms in total. The molecule has 5 heteroatoms. The van der Waals surface area contributed by atoms with Gasteiger partial charge in [0.05, 0.1) is 17.6 Å². The molecule has 0 saturated carbocycles. The first kappa shape index (κ1) is 18.2. The van der Waals surface area contributed by atoms with Crippen molar-refractivity contribution in [2.45, 2.75) is 33.6 Å². The molecule has 0 radical (unpaired) electrons. The van der Waals surface area contributed by atoms with Crippen LogP contribution in [0.25, 0.3) is 5.69 Å². The van der Waals surface area contributed by atoms with Crippen LogP contribution in [-0.4, -0.2) is 33.7 Å². The van der Waals surface area contributed by atoms with Gasteiger partial charge in [0.15, 0.2) is 0 Å². The molecular formula is C19H27N3O2. The van der Waals surface area contributed by atoms with Gasteiger partial charge in [-0.3, -0.25) is 4.79 Å². The summed E-state index contributed by atoms with van der Waals surface area (Å²) in [4.78, 5) is 16.8. The number of nitrogens with zero attached hydrogens (tertiary/aromatic N) is 2. The van der Waals surface area contributed by atoms with Crippen LogP contribution < -0.4 is 5.32 Å². The van der Waals surface area contributed by atoms with Crippen molar-refractivity contribution in [1.29, 1.82) is 0 Å². The first-order valence-electron chi connectivity index (χ1n) is 8.49. The van der Waals surface area contributed by atoms with Crippen molar-refractivity contribution in [2.24, 2.45) is 11.8 Å². The zero-order valence-corrected chi connectivity index (χ0v) is 14.7. The summed E-state index contributed by atoms with van der Waals surface area (Å²) in [6.07, 6.45) is 6.91. The lowest BCUT2D eigenvalue weighted by Crippen LogP contribution is -2.31. The molecule has 0 aliphatic heterocycles. The molecule has 2 aromatic rings. The third kappa shape index (κ3) is 4.93. The van der Waals surface area contributed by atoms with E-state index in [0.717, 1.165) is 17.7 Å². The molecule has 130 valence electrons. The largest absolute Gasteiger partial charge is 0.396 e. The van der Waals surface area contributed by atoms with Gasteiger partial charge in [0.1, 0.15) is 0 Å². The first-order chi connectivity index (χ1) is 11.5. The molecule has 1 heterocycles. The topological polar surface area (TPSA) is 67.2 Å². The monoisotopic (exact) mass is 329 g/mol. The Morgan fingerprint density at radius 1 is 1.38 bits per heavy atom. The Morgan fingerprint density at radius 3 is 2.79 bits per heavy atom. The van der Waals surface area contributed by atoms with E-state index in [1.807, 2.05) is 35.9 Å². The molecule has 0 fully saturated rings. The van der Waals surface area contributed by atoms with Crippen molar-refractivity contribution in [3.05, 3.63) is 48.0 Å². The van der Waals surface area contributed by atoms with Crippen LogP contribution in [0, 0.1) is 18.8 Å². The summed E-state index contributed by atoms with van der Waals surface area (Å²) < 4.78 is 1.84. The number of amides is 1. The highest BCUT2D eigenvalue weighted by Crippen LogP contribution is 2.18. The third-order valence-corrected chi connectivity index (χ3v) is 4.07. The Kier molecular flexibility index (Phi) is 6.55. The predicted octanol–water partition coefficient (Wildman–Crippen LogP) is 2.96. The summed E-state index contributed by atoms with van der Waals surface area (Å²) >= 11 is 0. The fourth-order valence-corrected chi connectivity index (χ4v) is 2.94. The molecule has 0 aliphatic carbocycles. The average molecular weight is 329 g/mol. The fourth-order valence-electron chi connectivity index (χ4n) is 2.94. The van der Waals surface area contributed by atoms with Gasteiger partial charge in [0.25, 0.3) is 5.91 Å². The second-order valence-electron chi connectivity index (χ2n) is 6.71. The Morgan fingerprint density at radius 2 is 2.17 bits per heavy atom. The average Bonchev–Trinajstić information content (AvgIpc) is 3.06. The summed E-state index contributed by atoms with van der Waals surface area (Å²) in [5.41, 5.74) is 2.50. The van der Waals surface area contributed by atoms with E-state index < -0.39 is 0 Å². The summed E-state index contributed by atoms with van der Waals surface area (Å²) in [5, 5.41) is 12.2. The predicted molar refractivity (Wildman–Crippen MR) is 95.3 cm³/mol. The SMILES string of the molecule is Cc1ccc(-n2ccnc2)c(C(=O)NCC(CCO)CC(C)C)c1. The number of carbonyl (C=O) groups excluding carboxylic acids is 1. The molecule has 0 aliphatic rings. The zero-order valence-electron chi connectivity index (χ0n) is 14.7. The highest BCUT2D eigenvalue weighted by Gasteiger charge is 2.16. The molecule has 1 aromatic heterocycles. The van der Waals surface area contributed by atoms with Gasteiger partial charge >= 0.3 is 0 Å². The minimum atomic E-state index is -0.0888. The molecule has 1 atom stereocenters. The van der Waals surface area contributed by atoms with Gasteiger partial charge in [-0.2, -0.15) is 0 Å². The standard InChI is InChI=1S/C19H27N3O2/c1-14(2)10-16(6-9-23)12-21-19(24)17-11-15(3)4-5-18(17)22-8-7-20-13-22/h4-5,7-8,11,13-14,16,23H,6,9-10,12H2,1-3H3,(H,21,24). The Labute approximate surface area is 143 Å². The molecule has 0 bridgehead atoms. The van der Waals surface area contributed by atoms with E-state index in [-0.39, 0.29) is 12.5 Å². The molecule has 0 saturated heterocycles. The number of aryl methyl sites for hydroxylation is 1. The molecule has 1 unspecified atom stereocenters. The van der Waals surface area contributed by atoms with E-state index in [1.54, 1.807) is 12.5 Å². The van der Waals surface area contributed by atoms with Gasteiger partial charge in [-0.05, 0) is 43.7 Å². The fraction of sp³-hybridized carbons (Fsp3) is 0.474. The molecule has 1 aromatic carbocycles. The number of aromatic nitrogens is 2. The van der Waals surface area contributed by atoms with E-state index in [9.17, 15) is 9.90 Å². The van der Waals surface area contributed by atoms with Crippen LogP contribution >= 0.6 is 0 Å². The minimum Gasteiger partial charge on any atom is -0.396 e. The highest BCUT2D eigenvalue weighted by atomic mass is 16.3. The Bertz CT molecular complexity index is 651. The maximum Gasteiger partial charge on any atom is 0.253 e. The van der Waals surface area contributed by atoms with Crippen LogP contribution in [0.2, 0.25) is 0 Å². The van der Waals surface area contributed by atoms with Gasteiger partial charge in [0.2, 0.25) is 0 Å². The summed E-state index contributed by atoms with van der Waals surface area (Å²) in [5.74, 6) is 0.744. The number of hydrogen-bond acceptors (Lipinski definition) is 3. The number of rotatable bonds is 8. The summed E-state index contributed by atoms with van der Waals surface area (Å²) in [7, 11) is 0. The van der Waals surface area contributed by atoms with Gasteiger partial charge in [0, 0.05) is 25.5 Å². The molecule has 2 N–H and O–H groups in total. The third-order valence-electron chi connectivity index (χ3n) is 4.07. The Balaban J connectivity index is 2.13. The lowest BCUT2D eigenvalue weighted by atomic mass is 9.94. The van der Waals surface area contributed by atoms with Crippen molar-refractivity contribution in [2.75, 3.05) is 13.2 Å². The van der Waals surface area contributed by atoms with Crippen LogP contribution in [-0.2, 0) is 0 Å². The minimum absolute atomic E-state index is 0.0888. The van der Waals surface area contributed by atoms with Crippen molar-refractivity contribution in [3.8, 4) is 5.69 Å². The normalized spacial score (nSPS) is 12.4. The van der Waals surface area contributed by atoms with E-state index in [2.05, 4.69) is 24.1 Å². The van der Waals surface area contributed by atoms with E-state index in [1.165, 1.54) is 0 Å². The van der Waals surface area contributed by atoms with Gasteiger partial charge < -0.3 is 15.0 Å². The van der Waals surface area contributed by atoms with Crippen LogP contribution in [0.5, 0.6) is 0 Å². The molecule has 24 heavy (non-hydrogen) atoms. The van der Waals surface area contributed by atoms with Crippen molar-refractivity contribution < 1.29 is 9.90 Å². The number of imidazole rings is 1. The van der Waals surface area contributed by atoms with Crippen LogP contribution in [0.4, 0.5) is 0 Å². The quantitative estimate of drug-likeness (QED) is 0.782. The van der Waals surface area contributed by atoms with Crippen molar-refractivity contribution in [1.82, 2.24) is 14.9 Å². The van der Waals surface area contributed by atoms with Gasteiger partial charge in [-0.25, -0.2) is 4.98 Å². The molecule has 1 amide bonds. The van der Waals surface area contributed by atoms with E-state index in [4.69, 9.17) is 0 Å². The van der Waals surface area contributed by atoms with Crippen molar-refractivity contribution in [3.63, 3.8) is 0 Å². The summed E-state index contributed by atoms with van der Waals surface area (Å²) in [6.45, 7) is 7.02. The van der Waals surface area contributed by atoms with Crippen molar-refractivity contribution >= 4 is 5.91 Å². The van der Waals surface area contributed by atoms with Gasteiger partial charge in [-0.1, -0.05) is 25.5 Å². The number of hydrogen-bond donors (Lipinski definition) is 2. The molecule has 2 rings (SSSR count). The number of aliphatic hydroxyl groups excluding tert-OH is 1. The lowest BCUT2D eigenvalue weighted by Gasteiger charge is -2.19. The number of nitrogens with one attached hydrogen (secondary N) is 1. The van der Waals surface area contributed by atoms with Crippen LogP contribution in [0.1, 0.15) is 42.6 Å². The number of aliphatic hydroxyl groups is 1. The number of carbonyl (C=O) groups is 1. The molecular weight excluding hydrogens is 302 g/mol. The second kappa shape index (κ2) is 8.64. The smallest absolute Gasteiger partial charge is 0.253 e. The highest BCUT2D eigenvalue weighted by molar-refractivity contribution is 5.98. The maximum atomic E-state index is 12.7. The van der Waals surface area contributed by atoms with Crippen LogP contribution in [0.3, 0.4) is 0 Å². The van der Waals surface area contributed by atoms with Gasteiger partial charge in [-0.15, -0.1) is 0 Å².